The molecule has 0 amide bonds. The third-order valence-electron chi connectivity index (χ3n) is 3.06. The van der Waals surface area contributed by atoms with Crippen molar-refractivity contribution in [2.24, 2.45) is 5.92 Å². The summed E-state index contributed by atoms with van der Waals surface area (Å²) in [4.78, 5) is 0. The lowest BCUT2D eigenvalue weighted by molar-refractivity contribution is 0.387. The minimum Gasteiger partial charge on any atom is -0.313 e. The molecule has 2 rings (SSSR count). The van der Waals surface area contributed by atoms with Crippen molar-refractivity contribution < 1.29 is 8.78 Å². The molecule has 1 aromatic carbocycles. The minimum atomic E-state index is -0.448. The van der Waals surface area contributed by atoms with E-state index < -0.39 is 11.6 Å². The number of rotatable bonds is 3. The van der Waals surface area contributed by atoms with Crippen LogP contribution in [0.15, 0.2) is 18.2 Å². The second-order valence-corrected chi connectivity index (χ2v) is 5.18. The summed E-state index contributed by atoms with van der Waals surface area (Å²) in [5.74, 6) is 1.48. The molecule has 1 aromatic rings. The maximum absolute atomic E-state index is 13.7. The highest BCUT2D eigenvalue weighted by molar-refractivity contribution is 7.99. The van der Waals surface area contributed by atoms with Gasteiger partial charge in [0.15, 0.2) is 0 Å². The summed E-state index contributed by atoms with van der Waals surface area (Å²) in [7, 11) is 1.76. The van der Waals surface area contributed by atoms with Crippen LogP contribution in [0, 0.1) is 17.6 Å². The lowest BCUT2D eigenvalue weighted by Gasteiger charge is -2.23. The predicted molar refractivity (Wildman–Crippen MR) is 63.6 cm³/mol. The third kappa shape index (κ3) is 2.23. The topological polar surface area (TPSA) is 12.0 Å². The Balaban J connectivity index is 2.32. The van der Waals surface area contributed by atoms with E-state index in [-0.39, 0.29) is 11.6 Å². The average Bonchev–Trinajstić information content (AvgIpc) is 2.77. The molecule has 1 heterocycles. The Labute approximate surface area is 98.6 Å². The van der Waals surface area contributed by atoms with Gasteiger partial charge in [0, 0.05) is 11.6 Å². The van der Waals surface area contributed by atoms with Crippen molar-refractivity contribution in [3.8, 4) is 0 Å². The highest BCUT2D eigenvalue weighted by atomic mass is 32.2. The molecule has 1 aliphatic heterocycles. The van der Waals surface area contributed by atoms with Gasteiger partial charge in [-0.25, -0.2) is 8.78 Å². The summed E-state index contributed by atoms with van der Waals surface area (Å²) >= 11 is 1.85. The Morgan fingerprint density at radius 1 is 1.38 bits per heavy atom. The quantitative estimate of drug-likeness (QED) is 0.876. The van der Waals surface area contributed by atoms with Crippen LogP contribution in [0.4, 0.5) is 8.78 Å². The zero-order valence-electron chi connectivity index (χ0n) is 9.17. The Kier molecular flexibility index (Phi) is 3.82. The highest BCUT2D eigenvalue weighted by Gasteiger charge is 2.29. The van der Waals surface area contributed by atoms with E-state index in [1.165, 1.54) is 18.2 Å². The van der Waals surface area contributed by atoms with E-state index in [0.29, 0.717) is 5.92 Å². The van der Waals surface area contributed by atoms with Crippen LogP contribution in [-0.4, -0.2) is 18.6 Å². The molecule has 1 fully saturated rings. The van der Waals surface area contributed by atoms with Crippen molar-refractivity contribution >= 4 is 11.8 Å². The molecule has 0 aliphatic carbocycles. The van der Waals surface area contributed by atoms with Crippen LogP contribution < -0.4 is 5.32 Å². The average molecular weight is 243 g/mol. The van der Waals surface area contributed by atoms with Gasteiger partial charge in [0.2, 0.25) is 0 Å². The summed E-state index contributed by atoms with van der Waals surface area (Å²) in [5.41, 5.74) is 0.192. The van der Waals surface area contributed by atoms with Crippen molar-refractivity contribution in [1.82, 2.24) is 5.32 Å². The first-order chi connectivity index (χ1) is 7.74. The fourth-order valence-electron chi connectivity index (χ4n) is 2.24. The van der Waals surface area contributed by atoms with Crippen LogP contribution in [0.25, 0.3) is 0 Å². The lowest BCUT2D eigenvalue weighted by Crippen LogP contribution is -2.27. The molecule has 2 unspecified atom stereocenters. The molecule has 1 aliphatic rings. The number of nitrogens with one attached hydrogen (secondary N) is 1. The van der Waals surface area contributed by atoms with Gasteiger partial charge in [-0.15, -0.1) is 0 Å². The van der Waals surface area contributed by atoms with Crippen molar-refractivity contribution in [2.75, 3.05) is 18.6 Å². The van der Waals surface area contributed by atoms with E-state index >= 15 is 0 Å². The molecule has 0 saturated carbocycles. The predicted octanol–water partition coefficient (Wildman–Crippen LogP) is 2.98. The van der Waals surface area contributed by atoms with E-state index in [0.717, 1.165) is 17.9 Å². The van der Waals surface area contributed by atoms with E-state index in [1.54, 1.807) is 7.05 Å². The molecule has 1 nitrogen and oxygen atoms in total. The third-order valence-corrected chi connectivity index (χ3v) is 4.25. The molecule has 88 valence electrons. The standard InChI is InChI=1S/C12H15F2NS/c1-15-12(8-5-6-16-7-8)11-9(13)3-2-4-10(11)14/h2-4,8,12,15H,5-7H2,1H3. The molecule has 4 heteroatoms. The van der Waals surface area contributed by atoms with Gasteiger partial charge in [-0.1, -0.05) is 6.07 Å². The zero-order chi connectivity index (χ0) is 11.5. The highest BCUT2D eigenvalue weighted by Crippen LogP contribution is 2.35. The summed E-state index contributed by atoms with van der Waals surface area (Å²) in [6, 6.07) is 3.84. The first-order valence-corrected chi connectivity index (χ1v) is 6.58. The van der Waals surface area contributed by atoms with Gasteiger partial charge in [-0.3, -0.25) is 0 Å². The number of thioether (sulfide) groups is 1. The van der Waals surface area contributed by atoms with Crippen LogP contribution in [0.2, 0.25) is 0 Å². The Morgan fingerprint density at radius 3 is 2.56 bits per heavy atom. The van der Waals surface area contributed by atoms with Gasteiger partial charge >= 0.3 is 0 Å². The van der Waals surface area contributed by atoms with Crippen molar-refractivity contribution in [1.29, 1.82) is 0 Å². The number of halogens is 2. The SMILES string of the molecule is CNC(c1c(F)cccc1F)C1CCSC1. The van der Waals surface area contributed by atoms with Crippen molar-refractivity contribution in [2.45, 2.75) is 12.5 Å². The molecular formula is C12H15F2NS. The first-order valence-electron chi connectivity index (χ1n) is 5.43. The van der Waals surface area contributed by atoms with Crippen LogP contribution in [0.1, 0.15) is 18.0 Å². The monoisotopic (exact) mass is 243 g/mol. The van der Waals surface area contributed by atoms with Gasteiger partial charge in [-0.2, -0.15) is 11.8 Å². The zero-order valence-corrected chi connectivity index (χ0v) is 9.99. The maximum Gasteiger partial charge on any atom is 0.130 e. The van der Waals surface area contributed by atoms with Gasteiger partial charge < -0.3 is 5.32 Å². The van der Waals surface area contributed by atoms with E-state index in [9.17, 15) is 8.78 Å². The van der Waals surface area contributed by atoms with E-state index in [4.69, 9.17) is 0 Å². The molecule has 0 spiro atoms. The molecule has 0 aromatic heterocycles. The number of hydrogen-bond acceptors (Lipinski definition) is 2. The van der Waals surface area contributed by atoms with E-state index in [1.807, 2.05) is 11.8 Å². The number of benzene rings is 1. The molecular weight excluding hydrogens is 228 g/mol. The molecule has 1 N–H and O–H groups in total. The van der Waals surface area contributed by atoms with Crippen molar-refractivity contribution in [3.63, 3.8) is 0 Å². The van der Waals surface area contributed by atoms with Gasteiger partial charge in [-0.05, 0) is 43.0 Å². The van der Waals surface area contributed by atoms with Crippen LogP contribution in [0.5, 0.6) is 0 Å². The summed E-state index contributed by atoms with van der Waals surface area (Å²) in [6.07, 6.45) is 1.02. The van der Waals surface area contributed by atoms with Gasteiger partial charge in [0.05, 0.1) is 0 Å². The summed E-state index contributed by atoms with van der Waals surface area (Å²) in [5, 5.41) is 3.05. The van der Waals surface area contributed by atoms with Crippen LogP contribution in [-0.2, 0) is 0 Å². The summed E-state index contributed by atoms with van der Waals surface area (Å²) < 4.78 is 27.3. The largest absolute Gasteiger partial charge is 0.313 e. The Bertz CT molecular complexity index is 344. The molecule has 0 radical (unpaired) electrons. The van der Waals surface area contributed by atoms with Gasteiger partial charge in [0.25, 0.3) is 0 Å². The Hall–Kier alpha value is -0.610. The molecule has 1 saturated heterocycles. The number of hydrogen-bond donors (Lipinski definition) is 1. The van der Waals surface area contributed by atoms with E-state index in [2.05, 4.69) is 5.32 Å². The second kappa shape index (κ2) is 5.15. The van der Waals surface area contributed by atoms with Crippen molar-refractivity contribution in [3.05, 3.63) is 35.4 Å². The van der Waals surface area contributed by atoms with Crippen LogP contribution in [0.3, 0.4) is 0 Å². The lowest BCUT2D eigenvalue weighted by atomic mass is 9.92. The Morgan fingerprint density at radius 2 is 2.06 bits per heavy atom. The summed E-state index contributed by atoms with van der Waals surface area (Å²) in [6.45, 7) is 0. The minimum absolute atomic E-state index is 0.192. The molecule has 0 bridgehead atoms. The smallest absolute Gasteiger partial charge is 0.130 e. The van der Waals surface area contributed by atoms with Gasteiger partial charge in [0.1, 0.15) is 11.6 Å². The maximum atomic E-state index is 13.7. The fourth-order valence-corrected chi connectivity index (χ4v) is 3.54. The van der Waals surface area contributed by atoms with Crippen LogP contribution >= 0.6 is 11.8 Å². The normalized spacial score (nSPS) is 22.3. The second-order valence-electron chi connectivity index (χ2n) is 4.03. The first kappa shape index (κ1) is 11.9. The molecule has 16 heavy (non-hydrogen) atoms. The molecule has 2 atom stereocenters. The fraction of sp³-hybridized carbons (Fsp3) is 0.500.